The molecule has 2 heterocycles. The molecular formula is C14H13ClF6N6. The number of halogens is 7. The van der Waals surface area contributed by atoms with E-state index in [1.54, 1.807) is 5.32 Å². The normalized spacial score (nSPS) is 18.9. The molecule has 2 aromatic rings. The number of alkyl halides is 6. The summed E-state index contributed by atoms with van der Waals surface area (Å²) in [7, 11) is 0. The van der Waals surface area contributed by atoms with Crippen molar-refractivity contribution in [2.24, 2.45) is 0 Å². The van der Waals surface area contributed by atoms with Crippen molar-refractivity contribution in [2.75, 3.05) is 10.6 Å². The molecular weight excluding hydrogens is 402 g/mol. The third-order valence-electron chi connectivity index (χ3n) is 2.87. The third kappa shape index (κ3) is 5.81. The third-order valence-corrected chi connectivity index (χ3v) is 3.06. The number of hydrogen-bond donors (Lipinski definition) is 2. The summed E-state index contributed by atoms with van der Waals surface area (Å²) < 4.78 is 115. The lowest BCUT2D eigenvalue weighted by Gasteiger charge is -2.20. The highest BCUT2D eigenvalue weighted by Crippen LogP contribution is 2.26. The van der Waals surface area contributed by atoms with Gasteiger partial charge in [-0.15, -0.1) is 0 Å². The fourth-order valence-electron chi connectivity index (χ4n) is 1.55. The molecule has 0 aromatic carbocycles. The van der Waals surface area contributed by atoms with Gasteiger partial charge in [-0.2, -0.15) is 41.3 Å². The van der Waals surface area contributed by atoms with Crippen molar-refractivity contribution >= 4 is 23.5 Å². The molecule has 2 rings (SSSR count). The Morgan fingerprint density at radius 3 is 2.19 bits per heavy atom. The van der Waals surface area contributed by atoms with Crippen LogP contribution in [0.3, 0.4) is 0 Å². The van der Waals surface area contributed by atoms with Crippen LogP contribution in [-0.4, -0.2) is 44.3 Å². The van der Waals surface area contributed by atoms with E-state index in [1.165, 1.54) is 5.32 Å². The van der Waals surface area contributed by atoms with E-state index in [1.807, 2.05) is 0 Å². The second-order valence-electron chi connectivity index (χ2n) is 4.99. The predicted octanol–water partition coefficient (Wildman–Crippen LogP) is 4.31. The summed E-state index contributed by atoms with van der Waals surface area (Å²) >= 11 is 5.71. The maximum Gasteiger partial charge on any atom is 0.408 e. The molecule has 27 heavy (non-hydrogen) atoms. The van der Waals surface area contributed by atoms with Crippen molar-refractivity contribution in [1.29, 1.82) is 0 Å². The van der Waals surface area contributed by atoms with Crippen LogP contribution in [0.5, 0.6) is 0 Å². The Bertz CT molecular complexity index is 952. The van der Waals surface area contributed by atoms with Gasteiger partial charge in [0.15, 0.2) is 5.82 Å². The Morgan fingerprint density at radius 1 is 1.04 bits per heavy atom. The van der Waals surface area contributed by atoms with Crippen molar-refractivity contribution in [3.05, 3.63) is 23.3 Å². The second-order valence-corrected chi connectivity index (χ2v) is 5.37. The summed E-state index contributed by atoms with van der Waals surface area (Å²) in [5.41, 5.74) is -0.327. The molecule has 2 N–H and O–H groups in total. The highest BCUT2D eigenvalue weighted by molar-refractivity contribution is 6.29. The number of nitrogens with one attached hydrogen (secondary N) is 2. The topological polar surface area (TPSA) is 75.6 Å². The molecule has 2 atom stereocenters. The minimum absolute atomic E-state index is 0.235. The molecule has 0 aliphatic heterocycles. The van der Waals surface area contributed by atoms with Gasteiger partial charge in [0.25, 0.3) is 0 Å². The van der Waals surface area contributed by atoms with Crippen LogP contribution in [0.15, 0.2) is 18.2 Å². The lowest BCUT2D eigenvalue weighted by molar-refractivity contribution is -0.139. The smallest absolute Gasteiger partial charge is 0.343 e. The van der Waals surface area contributed by atoms with E-state index in [-0.39, 0.29) is 16.9 Å². The first-order valence-electron chi connectivity index (χ1n) is 9.42. The fraction of sp³-hybridized carbons (Fsp3) is 0.429. The molecule has 0 amide bonds. The zero-order valence-corrected chi connectivity index (χ0v) is 13.9. The molecule has 0 bridgehead atoms. The lowest BCUT2D eigenvalue weighted by Crippen LogP contribution is -2.35. The van der Waals surface area contributed by atoms with Crippen LogP contribution in [0.4, 0.5) is 38.2 Å². The van der Waals surface area contributed by atoms with Crippen molar-refractivity contribution < 1.29 is 33.2 Å². The van der Waals surface area contributed by atoms with Gasteiger partial charge in [0, 0.05) is 4.11 Å². The van der Waals surface area contributed by atoms with Gasteiger partial charge in [0.2, 0.25) is 11.9 Å². The van der Waals surface area contributed by atoms with Crippen LogP contribution in [0, 0.1) is 0 Å². The van der Waals surface area contributed by atoms with E-state index in [0.717, 1.165) is 12.1 Å². The molecule has 0 spiro atoms. The highest BCUT2D eigenvalue weighted by atomic mass is 35.5. The maximum absolute atomic E-state index is 13.4. The Morgan fingerprint density at radius 2 is 1.67 bits per heavy atom. The van der Waals surface area contributed by atoms with Crippen molar-refractivity contribution in [3.63, 3.8) is 0 Å². The Hall–Kier alpha value is -2.37. The van der Waals surface area contributed by atoms with E-state index in [0.29, 0.717) is 6.92 Å². The first kappa shape index (κ1) is 14.7. The van der Waals surface area contributed by atoms with Crippen LogP contribution in [0.2, 0.25) is 5.15 Å². The quantitative estimate of drug-likeness (QED) is 0.555. The van der Waals surface area contributed by atoms with Gasteiger partial charge >= 0.3 is 12.4 Å². The van der Waals surface area contributed by atoms with Crippen LogP contribution >= 0.6 is 11.6 Å². The van der Waals surface area contributed by atoms with Gasteiger partial charge < -0.3 is 10.6 Å². The standard InChI is InChI=1S/C14H13ClF6N6/c1-6(13(16,17)18)22-11-25-10(8-4-3-5-9(15)24-8)26-12(27-11)23-7(2)14(19,20)21/h3-7H,1-2H3,(H2,22,23,25,26,27)/t6-,7-/m1/s1/i1D3,3D,6D. The minimum Gasteiger partial charge on any atom is -0.343 e. The van der Waals surface area contributed by atoms with Gasteiger partial charge in [0.1, 0.15) is 22.9 Å². The van der Waals surface area contributed by atoms with Crippen LogP contribution in [-0.2, 0) is 0 Å². The summed E-state index contributed by atoms with van der Waals surface area (Å²) in [4.78, 5) is 14.3. The monoisotopic (exact) mass is 419 g/mol. The zero-order chi connectivity index (χ0) is 24.7. The molecule has 13 heteroatoms. The van der Waals surface area contributed by atoms with Gasteiger partial charge in [-0.05, 0) is 25.9 Å². The molecule has 0 saturated carbocycles. The van der Waals surface area contributed by atoms with Crippen molar-refractivity contribution in [3.8, 4) is 11.5 Å². The number of nitrogens with zero attached hydrogens (tertiary/aromatic N) is 4. The Labute approximate surface area is 161 Å². The molecule has 0 aliphatic rings. The largest absolute Gasteiger partial charge is 0.408 e. The van der Waals surface area contributed by atoms with E-state index < -0.39 is 49.0 Å². The number of aromatic nitrogens is 4. The van der Waals surface area contributed by atoms with E-state index >= 15 is 0 Å². The average Bonchev–Trinajstić information content (AvgIpc) is 2.57. The molecule has 0 unspecified atom stereocenters. The van der Waals surface area contributed by atoms with Crippen LogP contribution in [0.1, 0.15) is 20.6 Å². The van der Waals surface area contributed by atoms with E-state index in [4.69, 9.17) is 18.5 Å². The Balaban J connectivity index is 2.64. The summed E-state index contributed by atoms with van der Waals surface area (Å²) in [5.74, 6) is -2.71. The highest BCUT2D eigenvalue weighted by Gasteiger charge is 2.38. The van der Waals surface area contributed by atoms with Crippen LogP contribution < -0.4 is 10.6 Å². The number of hydrogen-bond acceptors (Lipinski definition) is 6. The summed E-state index contributed by atoms with van der Waals surface area (Å²) in [6, 6.07) is -4.72. The van der Waals surface area contributed by atoms with Gasteiger partial charge in [-0.3, -0.25) is 0 Å². The van der Waals surface area contributed by atoms with Crippen molar-refractivity contribution in [2.45, 2.75) is 38.2 Å². The SMILES string of the molecule is [2H]c1cc(Cl)nc(-c2nc(N[C@H](C)C(F)(F)F)nc(N[C@]([2H])(C([2H])([2H])[2H])C(F)(F)F)n2)c1. The van der Waals surface area contributed by atoms with Gasteiger partial charge in [-0.25, -0.2) is 4.98 Å². The second kappa shape index (κ2) is 7.71. The first-order valence-corrected chi connectivity index (χ1v) is 7.30. The minimum atomic E-state index is -5.67. The number of pyridine rings is 1. The van der Waals surface area contributed by atoms with Crippen LogP contribution in [0.25, 0.3) is 11.5 Å². The summed E-state index contributed by atoms with van der Waals surface area (Å²) in [6.07, 6.45) is -10.5. The van der Waals surface area contributed by atoms with Crippen molar-refractivity contribution in [1.82, 2.24) is 19.9 Å². The van der Waals surface area contributed by atoms with E-state index in [9.17, 15) is 26.3 Å². The molecule has 0 fully saturated rings. The summed E-state index contributed by atoms with van der Waals surface area (Å²) in [6.45, 7) is -3.31. The number of rotatable bonds is 5. The molecule has 6 nitrogen and oxygen atoms in total. The van der Waals surface area contributed by atoms with E-state index in [2.05, 4.69) is 19.9 Å². The van der Waals surface area contributed by atoms with Gasteiger partial charge in [0.05, 0.1) is 2.74 Å². The number of anilines is 2. The molecule has 0 aliphatic carbocycles. The summed E-state index contributed by atoms with van der Waals surface area (Å²) in [5, 5.41) is 2.87. The molecule has 148 valence electrons. The maximum atomic E-state index is 13.4. The molecule has 2 aromatic heterocycles. The average molecular weight is 420 g/mol. The Kier molecular flexibility index (Phi) is 4.18. The van der Waals surface area contributed by atoms with Gasteiger partial charge in [-0.1, -0.05) is 17.6 Å². The molecule has 0 radical (unpaired) electrons. The fourth-order valence-corrected chi connectivity index (χ4v) is 1.71. The first-order chi connectivity index (χ1) is 14.3. The molecule has 0 saturated heterocycles. The zero-order valence-electron chi connectivity index (χ0n) is 18.2. The predicted molar refractivity (Wildman–Crippen MR) is 86.3 cm³/mol. The lowest BCUT2D eigenvalue weighted by atomic mass is 10.3.